The van der Waals surface area contributed by atoms with E-state index < -0.39 is 0 Å². The van der Waals surface area contributed by atoms with Gasteiger partial charge in [0.05, 0.1) is 15.0 Å². The fourth-order valence-electron chi connectivity index (χ4n) is 0.785. The van der Waals surface area contributed by atoms with Crippen molar-refractivity contribution in [1.82, 2.24) is 5.32 Å². The zero-order valence-corrected chi connectivity index (χ0v) is 11.1. The monoisotopic (exact) mass is 291 g/mol. The lowest BCUT2D eigenvalue weighted by molar-refractivity contribution is -0.115. The molecule has 1 N–H and O–H groups in total. The molecular weight excluding hydrogens is 285 g/mol. The van der Waals surface area contributed by atoms with Gasteiger partial charge in [0.1, 0.15) is 4.32 Å². The summed E-state index contributed by atoms with van der Waals surface area (Å²) in [5.41, 5.74) is 0. The van der Waals surface area contributed by atoms with Crippen LogP contribution in [0.3, 0.4) is 0 Å². The molecule has 6 heteroatoms. The average Bonchev–Trinajstić information content (AvgIpc) is 2.50. The maximum atomic E-state index is 10.5. The molecule has 84 valence electrons. The lowest BCUT2D eigenvalue weighted by atomic mass is 10.4. The highest BCUT2D eigenvalue weighted by atomic mass is 35.5. The summed E-state index contributed by atoms with van der Waals surface area (Å²) in [5, 5.41) is 3.63. The van der Waals surface area contributed by atoms with E-state index >= 15 is 0 Å². The second-order valence-corrected chi connectivity index (χ2v) is 5.27. The van der Waals surface area contributed by atoms with Gasteiger partial charge in [-0.3, -0.25) is 4.79 Å². The van der Waals surface area contributed by atoms with E-state index in [0.29, 0.717) is 19.3 Å². The number of benzene rings is 1. The molecule has 0 unspecified atom stereocenters. The Labute approximate surface area is 113 Å². The first-order chi connectivity index (χ1) is 7.50. The van der Waals surface area contributed by atoms with Crippen LogP contribution in [0.15, 0.2) is 35.7 Å². The van der Waals surface area contributed by atoms with Crippen LogP contribution in [-0.4, -0.2) is 10.2 Å². The molecule has 1 aliphatic heterocycles. The van der Waals surface area contributed by atoms with E-state index in [1.807, 2.05) is 12.1 Å². The maximum absolute atomic E-state index is 10.5. The van der Waals surface area contributed by atoms with Gasteiger partial charge < -0.3 is 5.32 Å². The van der Waals surface area contributed by atoms with Gasteiger partial charge in [0.25, 0.3) is 5.91 Å². The van der Waals surface area contributed by atoms with E-state index in [1.54, 1.807) is 12.1 Å². The highest BCUT2D eigenvalue weighted by molar-refractivity contribution is 8.26. The molecule has 1 saturated heterocycles. The number of hydrogen-bond donors (Lipinski definition) is 1. The van der Waals surface area contributed by atoms with Crippen LogP contribution in [0.2, 0.25) is 10.0 Å². The molecule has 1 amide bonds. The summed E-state index contributed by atoms with van der Waals surface area (Å²) >= 11 is 17.0. The number of carbonyl (C=O) groups excluding carboxylic acids is 1. The highest BCUT2D eigenvalue weighted by Crippen LogP contribution is 2.20. The van der Waals surface area contributed by atoms with Gasteiger partial charge in [-0.2, -0.15) is 0 Å². The minimum atomic E-state index is -0.167. The second-order valence-electron chi connectivity index (χ2n) is 2.68. The minimum absolute atomic E-state index is 0.167. The molecule has 0 radical (unpaired) electrons. The van der Waals surface area contributed by atoms with Crippen LogP contribution >= 0.6 is 47.2 Å². The lowest BCUT2D eigenvalue weighted by Gasteiger charge is -1.88. The Kier molecular flexibility index (Phi) is 5.28. The van der Waals surface area contributed by atoms with E-state index in [-0.39, 0.29) is 5.91 Å². The minimum Gasteiger partial charge on any atom is -0.307 e. The smallest absolute Gasteiger partial charge is 0.262 e. The molecule has 0 aromatic heterocycles. The predicted octanol–water partition coefficient (Wildman–Crippen LogP) is 3.64. The zero-order valence-electron chi connectivity index (χ0n) is 8.00. The first-order valence-corrected chi connectivity index (χ1v) is 6.11. The van der Waals surface area contributed by atoms with E-state index in [4.69, 9.17) is 23.2 Å². The maximum Gasteiger partial charge on any atom is 0.262 e. The Balaban J connectivity index is 0.000000160. The second kappa shape index (κ2) is 6.25. The molecule has 1 fully saturated rings. The Morgan fingerprint density at radius 1 is 1.25 bits per heavy atom. The Morgan fingerprint density at radius 3 is 1.94 bits per heavy atom. The van der Waals surface area contributed by atoms with Gasteiger partial charge in [-0.05, 0) is 12.1 Å². The molecule has 1 aromatic carbocycles. The molecule has 0 bridgehead atoms. The predicted molar refractivity (Wildman–Crippen MR) is 73.9 cm³/mol. The van der Waals surface area contributed by atoms with Crippen molar-refractivity contribution in [3.63, 3.8) is 0 Å². The summed E-state index contributed by atoms with van der Waals surface area (Å²) in [6.07, 6.45) is 0. The van der Waals surface area contributed by atoms with Crippen molar-refractivity contribution in [3.8, 4) is 0 Å². The SMILES string of the molecule is C=C1SC(=S)NC1=O.Clc1ccccc1Cl. The van der Waals surface area contributed by atoms with Gasteiger partial charge in [0.2, 0.25) is 0 Å². The van der Waals surface area contributed by atoms with Gasteiger partial charge in [-0.15, -0.1) is 0 Å². The third-order valence-corrected chi connectivity index (χ3v) is 3.34. The van der Waals surface area contributed by atoms with Crippen LogP contribution in [0.25, 0.3) is 0 Å². The lowest BCUT2D eigenvalue weighted by Crippen LogP contribution is -2.17. The summed E-state index contributed by atoms with van der Waals surface area (Å²) < 4.78 is 0.500. The third kappa shape index (κ3) is 4.14. The van der Waals surface area contributed by atoms with E-state index in [1.165, 1.54) is 11.8 Å². The Bertz CT molecular complexity index is 409. The van der Waals surface area contributed by atoms with Crippen molar-refractivity contribution >= 4 is 57.4 Å². The number of halogens is 2. The molecule has 16 heavy (non-hydrogen) atoms. The molecule has 2 rings (SSSR count). The standard InChI is InChI=1S/C6H4Cl2.C4H3NOS2/c7-5-3-1-2-4-6(5)8;1-2-3(6)5-4(7)8-2/h1-4H;1H2,(H,5,6,7). The van der Waals surface area contributed by atoms with Gasteiger partial charge >= 0.3 is 0 Å². The van der Waals surface area contributed by atoms with Crippen molar-refractivity contribution in [2.24, 2.45) is 0 Å². The topological polar surface area (TPSA) is 29.1 Å². The van der Waals surface area contributed by atoms with Crippen molar-refractivity contribution in [3.05, 3.63) is 45.8 Å². The van der Waals surface area contributed by atoms with Gasteiger partial charge in [-0.1, -0.05) is 65.9 Å². The Hall–Kier alpha value is -0.550. The van der Waals surface area contributed by atoms with Gasteiger partial charge in [0, 0.05) is 0 Å². The number of hydrogen-bond acceptors (Lipinski definition) is 3. The number of rotatable bonds is 0. The summed E-state index contributed by atoms with van der Waals surface area (Å²) in [6.45, 7) is 3.45. The van der Waals surface area contributed by atoms with E-state index in [0.717, 1.165) is 0 Å². The summed E-state index contributed by atoms with van der Waals surface area (Å²) in [4.78, 5) is 10.9. The molecule has 0 atom stereocenters. The van der Waals surface area contributed by atoms with E-state index in [2.05, 4.69) is 24.1 Å². The molecule has 1 aliphatic rings. The first kappa shape index (κ1) is 13.5. The third-order valence-electron chi connectivity index (χ3n) is 1.51. The first-order valence-electron chi connectivity index (χ1n) is 4.13. The number of thioether (sulfide) groups is 1. The molecule has 1 aromatic rings. The van der Waals surface area contributed by atoms with Crippen molar-refractivity contribution in [2.45, 2.75) is 0 Å². The Morgan fingerprint density at radius 2 is 1.75 bits per heavy atom. The molecule has 2 nitrogen and oxygen atoms in total. The average molecular weight is 292 g/mol. The number of amides is 1. The van der Waals surface area contributed by atoms with Gasteiger partial charge in [-0.25, -0.2) is 0 Å². The van der Waals surface area contributed by atoms with Crippen LogP contribution in [0.5, 0.6) is 0 Å². The largest absolute Gasteiger partial charge is 0.307 e. The molecule has 0 aliphatic carbocycles. The fraction of sp³-hybridized carbons (Fsp3) is 0. The molecule has 0 spiro atoms. The normalized spacial score (nSPS) is 14.2. The van der Waals surface area contributed by atoms with Crippen LogP contribution in [0, 0.1) is 0 Å². The van der Waals surface area contributed by atoms with Crippen molar-refractivity contribution < 1.29 is 4.79 Å². The molecule has 0 saturated carbocycles. The summed E-state index contributed by atoms with van der Waals surface area (Å²) in [6, 6.07) is 7.19. The van der Waals surface area contributed by atoms with Crippen LogP contribution in [0.4, 0.5) is 0 Å². The van der Waals surface area contributed by atoms with Crippen molar-refractivity contribution in [1.29, 1.82) is 0 Å². The molecule has 1 heterocycles. The summed E-state index contributed by atoms with van der Waals surface area (Å²) in [7, 11) is 0. The highest BCUT2D eigenvalue weighted by Gasteiger charge is 2.18. The number of carbonyl (C=O) groups is 1. The fourth-order valence-corrected chi connectivity index (χ4v) is 1.96. The quantitative estimate of drug-likeness (QED) is 0.584. The van der Waals surface area contributed by atoms with Crippen LogP contribution < -0.4 is 5.32 Å². The van der Waals surface area contributed by atoms with Crippen LogP contribution in [-0.2, 0) is 4.79 Å². The van der Waals surface area contributed by atoms with Crippen LogP contribution in [0.1, 0.15) is 0 Å². The number of thiocarbonyl (C=S) groups is 1. The molecular formula is C10H7Cl2NOS2. The van der Waals surface area contributed by atoms with E-state index in [9.17, 15) is 4.79 Å². The number of nitrogens with one attached hydrogen (secondary N) is 1. The zero-order chi connectivity index (χ0) is 12.1. The van der Waals surface area contributed by atoms with Gasteiger partial charge in [0.15, 0.2) is 0 Å². The van der Waals surface area contributed by atoms with Crippen molar-refractivity contribution in [2.75, 3.05) is 0 Å². The summed E-state index contributed by atoms with van der Waals surface area (Å²) in [5.74, 6) is -0.167.